The fourth-order valence-electron chi connectivity index (χ4n) is 3.64. The van der Waals surface area contributed by atoms with Gasteiger partial charge in [-0.15, -0.1) is 0 Å². The second kappa shape index (κ2) is 10.6. The van der Waals surface area contributed by atoms with Gasteiger partial charge in [0.15, 0.2) is 5.96 Å². The predicted molar refractivity (Wildman–Crippen MR) is 121 cm³/mol. The Labute approximate surface area is 187 Å². The number of halogens is 1. The summed E-state index contributed by atoms with van der Waals surface area (Å²) >= 11 is 0. The zero-order chi connectivity index (χ0) is 23.1. The van der Waals surface area contributed by atoms with Crippen molar-refractivity contribution in [3.63, 3.8) is 0 Å². The number of carbonyl (C=O) groups is 1. The molecular formula is C22H29FN8O. The maximum atomic E-state index is 13.2. The predicted octanol–water partition coefficient (Wildman–Crippen LogP) is 1.53. The lowest BCUT2D eigenvalue weighted by molar-refractivity contribution is -0.130. The topological polar surface area (TPSA) is 116 Å². The van der Waals surface area contributed by atoms with Crippen molar-refractivity contribution in [3.05, 3.63) is 41.3 Å². The number of aliphatic imine (C=N–C) groups is 1. The number of rotatable bonds is 6. The number of nitriles is 1. The van der Waals surface area contributed by atoms with Crippen LogP contribution in [0.5, 0.6) is 0 Å². The largest absolute Gasteiger partial charge is 0.382 e. The number of hydrogen-bond acceptors (Lipinski definition) is 5. The SMILES string of the molecule is CCNC(=NCCCc1nn(-c2ccc(F)cc2)c(N)c1C#N)N1CCN(C(C)=O)CC1. The van der Waals surface area contributed by atoms with Crippen molar-refractivity contribution in [2.75, 3.05) is 45.0 Å². The number of guanidine groups is 1. The lowest BCUT2D eigenvalue weighted by Crippen LogP contribution is -2.53. The number of nitrogen functional groups attached to an aromatic ring is 1. The van der Waals surface area contributed by atoms with E-state index in [1.807, 2.05) is 11.8 Å². The molecule has 1 aliphatic heterocycles. The van der Waals surface area contributed by atoms with Crippen LogP contribution in [0.4, 0.5) is 10.2 Å². The maximum Gasteiger partial charge on any atom is 0.219 e. The van der Waals surface area contributed by atoms with Crippen LogP contribution in [0.1, 0.15) is 31.5 Å². The molecule has 0 radical (unpaired) electrons. The number of nitrogens with zero attached hydrogens (tertiary/aromatic N) is 6. The summed E-state index contributed by atoms with van der Waals surface area (Å²) in [5, 5.41) is 17.3. The van der Waals surface area contributed by atoms with Gasteiger partial charge in [-0.25, -0.2) is 9.07 Å². The van der Waals surface area contributed by atoms with Crippen LogP contribution < -0.4 is 11.1 Å². The van der Waals surface area contributed by atoms with Gasteiger partial charge in [-0.3, -0.25) is 9.79 Å². The molecule has 9 nitrogen and oxygen atoms in total. The Kier molecular flexibility index (Phi) is 7.65. The molecule has 0 spiro atoms. The summed E-state index contributed by atoms with van der Waals surface area (Å²) < 4.78 is 14.7. The van der Waals surface area contributed by atoms with Crippen molar-refractivity contribution >= 4 is 17.7 Å². The minimum absolute atomic E-state index is 0.0965. The summed E-state index contributed by atoms with van der Waals surface area (Å²) in [7, 11) is 0. The maximum absolute atomic E-state index is 13.2. The van der Waals surface area contributed by atoms with E-state index in [1.54, 1.807) is 19.1 Å². The Morgan fingerprint density at radius 3 is 2.50 bits per heavy atom. The van der Waals surface area contributed by atoms with Crippen molar-refractivity contribution in [2.24, 2.45) is 4.99 Å². The van der Waals surface area contributed by atoms with Crippen molar-refractivity contribution in [2.45, 2.75) is 26.7 Å². The van der Waals surface area contributed by atoms with E-state index < -0.39 is 0 Å². The van der Waals surface area contributed by atoms with Gasteiger partial charge in [0.25, 0.3) is 0 Å². The standard InChI is InChI=1S/C22H29FN8O/c1-3-26-22(30-13-11-29(12-14-30)16(2)32)27-10-4-5-20-19(15-24)21(25)31(28-20)18-8-6-17(23)7-9-18/h6-9H,3-5,10-14,25H2,1-2H3,(H,26,27). The van der Waals surface area contributed by atoms with E-state index in [4.69, 9.17) is 10.7 Å². The van der Waals surface area contributed by atoms with E-state index in [9.17, 15) is 14.4 Å². The first-order valence-electron chi connectivity index (χ1n) is 10.8. The van der Waals surface area contributed by atoms with Crippen molar-refractivity contribution in [1.29, 1.82) is 5.26 Å². The van der Waals surface area contributed by atoms with Crippen LogP contribution in [0.2, 0.25) is 0 Å². The molecular weight excluding hydrogens is 411 g/mol. The second-order valence-corrected chi connectivity index (χ2v) is 7.54. The molecule has 0 aliphatic carbocycles. The van der Waals surface area contributed by atoms with Crippen LogP contribution in [0.15, 0.2) is 29.3 Å². The number of piperazine rings is 1. The Morgan fingerprint density at radius 1 is 1.25 bits per heavy atom. The van der Waals surface area contributed by atoms with E-state index in [0.29, 0.717) is 49.4 Å². The number of aromatic nitrogens is 2. The number of amides is 1. The van der Waals surface area contributed by atoms with Gasteiger partial charge < -0.3 is 20.9 Å². The molecule has 2 heterocycles. The first-order chi connectivity index (χ1) is 15.4. The van der Waals surface area contributed by atoms with Gasteiger partial charge in [0, 0.05) is 46.2 Å². The number of anilines is 1. The molecule has 0 bridgehead atoms. The van der Waals surface area contributed by atoms with Gasteiger partial charge in [0.2, 0.25) is 5.91 Å². The van der Waals surface area contributed by atoms with Crippen LogP contribution in [0.3, 0.4) is 0 Å². The zero-order valence-electron chi connectivity index (χ0n) is 18.5. The molecule has 1 aliphatic rings. The highest BCUT2D eigenvalue weighted by Gasteiger charge is 2.21. The number of aryl methyl sites for hydroxylation is 1. The third-order valence-corrected chi connectivity index (χ3v) is 5.37. The summed E-state index contributed by atoms with van der Waals surface area (Å²) in [6.45, 7) is 7.77. The van der Waals surface area contributed by atoms with Crippen LogP contribution in [-0.4, -0.2) is 70.7 Å². The summed E-state index contributed by atoms with van der Waals surface area (Å²) in [4.78, 5) is 20.2. The van der Waals surface area contributed by atoms with Gasteiger partial charge in [0.05, 0.1) is 11.4 Å². The molecule has 0 atom stereocenters. The number of benzene rings is 1. The Morgan fingerprint density at radius 2 is 1.91 bits per heavy atom. The molecule has 32 heavy (non-hydrogen) atoms. The van der Waals surface area contributed by atoms with Crippen LogP contribution >= 0.6 is 0 Å². The van der Waals surface area contributed by atoms with E-state index in [2.05, 4.69) is 21.4 Å². The van der Waals surface area contributed by atoms with Crippen LogP contribution in [0, 0.1) is 17.1 Å². The van der Waals surface area contributed by atoms with E-state index in [0.717, 1.165) is 25.6 Å². The fraction of sp³-hybridized carbons (Fsp3) is 0.455. The number of hydrogen-bond donors (Lipinski definition) is 2. The normalized spacial score (nSPS) is 14.4. The van der Waals surface area contributed by atoms with Gasteiger partial charge >= 0.3 is 0 Å². The average Bonchev–Trinajstić information content (AvgIpc) is 3.11. The van der Waals surface area contributed by atoms with E-state index in [1.165, 1.54) is 16.8 Å². The third-order valence-electron chi connectivity index (χ3n) is 5.37. The molecule has 0 saturated carbocycles. The number of carbonyl (C=O) groups excluding carboxylic acids is 1. The van der Waals surface area contributed by atoms with Gasteiger partial charge in [0.1, 0.15) is 23.3 Å². The highest BCUT2D eigenvalue weighted by atomic mass is 19.1. The quantitative estimate of drug-likeness (QED) is 0.400. The molecule has 10 heteroatoms. The summed E-state index contributed by atoms with van der Waals surface area (Å²) in [5.74, 6) is 0.818. The van der Waals surface area contributed by atoms with Crippen molar-refractivity contribution < 1.29 is 9.18 Å². The van der Waals surface area contributed by atoms with Gasteiger partial charge in [-0.2, -0.15) is 10.4 Å². The third kappa shape index (κ3) is 5.35. The molecule has 3 rings (SSSR count). The summed E-state index contributed by atoms with van der Waals surface area (Å²) in [6, 6.07) is 7.93. The minimum atomic E-state index is -0.350. The first kappa shape index (κ1) is 23.1. The Hall–Kier alpha value is -3.61. The molecule has 0 unspecified atom stereocenters. The van der Waals surface area contributed by atoms with Gasteiger partial charge in [-0.1, -0.05) is 0 Å². The molecule has 1 fully saturated rings. The molecule has 1 aromatic heterocycles. The molecule has 170 valence electrons. The number of nitrogens with two attached hydrogens (primary N) is 1. The van der Waals surface area contributed by atoms with Crippen molar-refractivity contribution in [3.8, 4) is 11.8 Å². The highest BCUT2D eigenvalue weighted by molar-refractivity contribution is 5.80. The highest BCUT2D eigenvalue weighted by Crippen LogP contribution is 2.21. The molecule has 1 saturated heterocycles. The van der Waals surface area contributed by atoms with Crippen LogP contribution in [-0.2, 0) is 11.2 Å². The lowest BCUT2D eigenvalue weighted by Gasteiger charge is -2.36. The smallest absolute Gasteiger partial charge is 0.219 e. The molecule has 1 amide bonds. The van der Waals surface area contributed by atoms with Crippen LogP contribution in [0.25, 0.3) is 5.69 Å². The Balaban J connectivity index is 1.64. The summed E-state index contributed by atoms with van der Waals surface area (Å²) in [5.41, 5.74) is 7.66. The van der Waals surface area contributed by atoms with E-state index in [-0.39, 0.29) is 17.5 Å². The zero-order valence-corrected chi connectivity index (χ0v) is 18.5. The summed E-state index contributed by atoms with van der Waals surface area (Å²) in [6.07, 6.45) is 1.24. The minimum Gasteiger partial charge on any atom is -0.382 e. The molecule has 3 N–H and O–H groups in total. The van der Waals surface area contributed by atoms with Gasteiger partial charge in [-0.05, 0) is 44.0 Å². The van der Waals surface area contributed by atoms with E-state index >= 15 is 0 Å². The first-order valence-corrected chi connectivity index (χ1v) is 10.8. The fourth-order valence-corrected chi connectivity index (χ4v) is 3.64. The average molecular weight is 441 g/mol. The monoisotopic (exact) mass is 440 g/mol. The molecule has 2 aromatic rings. The lowest BCUT2D eigenvalue weighted by atomic mass is 10.1. The second-order valence-electron chi connectivity index (χ2n) is 7.54. The van der Waals surface area contributed by atoms with Crippen molar-refractivity contribution in [1.82, 2.24) is 24.9 Å². The Bertz CT molecular complexity index is 1000. The number of nitrogens with one attached hydrogen (secondary N) is 1. The molecule has 1 aromatic carbocycles.